The SMILES string of the molecule is Brc1ccc(COc2ccc3c(c2)CCCC3)s1. The van der Waals surface area contributed by atoms with Crippen molar-refractivity contribution in [3.63, 3.8) is 0 Å². The Kier molecular flexibility index (Phi) is 3.71. The standard InChI is InChI=1S/C15H15BrOS/c16-15-8-7-14(18-15)10-17-13-6-5-11-3-1-2-4-12(11)9-13/h5-9H,1-4,10H2. The molecule has 94 valence electrons. The van der Waals surface area contributed by atoms with Gasteiger partial charge in [0.05, 0.1) is 3.79 Å². The number of aryl methyl sites for hydroxylation is 2. The van der Waals surface area contributed by atoms with Crippen LogP contribution in [0.1, 0.15) is 28.8 Å². The summed E-state index contributed by atoms with van der Waals surface area (Å²) in [6.07, 6.45) is 5.08. The Balaban J connectivity index is 1.69. The van der Waals surface area contributed by atoms with Crippen molar-refractivity contribution in [1.82, 2.24) is 0 Å². The molecule has 1 nitrogen and oxygen atoms in total. The van der Waals surface area contributed by atoms with Crippen LogP contribution in [0.15, 0.2) is 34.1 Å². The lowest BCUT2D eigenvalue weighted by Gasteiger charge is -2.16. The van der Waals surface area contributed by atoms with Crippen molar-refractivity contribution in [3.05, 3.63) is 50.1 Å². The Morgan fingerprint density at radius 2 is 1.89 bits per heavy atom. The molecule has 0 atom stereocenters. The maximum absolute atomic E-state index is 5.86. The van der Waals surface area contributed by atoms with Crippen LogP contribution < -0.4 is 4.74 Å². The Hall–Kier alpha value is -0.800. The fourth-order valence-electron chi connectivity index (χ4n) is 2.38. The van der Waals surface area contributed by atoms with Crippen LogP contribution in [-0.4, -0.2) is 0 Å². The van der Waals surface area contributed by atoms with Crippen molar-refractivity contribution in [2.45, 2.75) is 32.3 Å². The highest BCUT2D eigenvalue weighted by atomic mass is 79.9. The van der Waals surface area contributed by atoms with Crippen LogP contribution in [0.2, 0.25) is 0 Å². The zero-order chi connectivity index (χ0) is 12.4. The van der Waals surface area contributed by atoms with E-state index >= 15 is 0 Å². The molecule has 1 aliphatic rings. The lowest BCUT2D eigenvalue weighted by atomic mass is 9.92. The second-order valence-corrected chi connectivity index (χ2v) is 7.18. The Morgan fingerprint density at radius 1 is 1.06 bits per heavy atom. The summed E-state index contributed by atoms with van der Waals surface area (Å²) in [5.41, 5.74) is 2.98. The van der Waals surface area contributed by atoms with E-state index in [1.165, 1.54) is 41.7 Å². The first-order valence-corrected chi connectivity index (χ1v) is 7.91. The predicted molar refractivity (Wildman–Crippen MR) is 79.4 cm³/mol. The lowest BCUT2D eigenvalue weighted by molar-refractivity contribution is 0.309. The van der Waals surface area contributed by atoms with E-state index in [1.54, 1.807) is 11.3 Å². The van der Waals surface area contributed by atoms with E-state index in [2.05, 4.69) is 46.3 Å². The fraction of sp³-hybridized carbons (Fsp3) is 0.333. The third kappa shape index (κ3) is 2.78. The van der Waals surface area contributed by atoms with Crippen LogP contribution in [0.5, 0.6) is 5.75 Å². The highest BCUT2D eigenvalue weighted by Crippen LogP contribution is 2.27. The van der Waals surface area contributed by atoms with Crippen molar-refractivity contribution in [2.24, 2.45) is 0 Å². The van der Waals surface area contributed by atoms with E-state index in [0.29, 0.717) is 6.61 Å². The molecular formula is C15H15BrOS. The monoisotopic (exact) mass is 322 g/mol. The first-order valence-electron chi connectivity index (χ1n) is 6.30. The number of hydrogen-bond acceptors (Lipinski definition) is 2. The van der Waals surface area contributed by atoms with E-state index < -0.39 is 0 Å². The first-order chi connectivity index (χ1) is 8.81. The summed E-state index contributed by atoms with van der Waals surface area (Å²) in [5.74, 6) is 1.00. The molecule has 0 saturated heterocycles. The molecule has 0 N–H and O–H groups in total. The molecule has 0 fully saturated rings. The van der Waals surface area contributed by atoms with E-state index in [9.17, 15) is 0 Å². The highest BCUT2D eigenvalue weighted by Gasteiger charge is 2.10. The number of hydrogen-bond donors (Lipinski definition) is 0. The zero-order valence-corrected chi connectivity index (χ0v) is 12.5. The van der Waals surface area contributed by atoms with Gasteiger partial charge in [-0.1, -0.05) is 6.07 Å². The average molecular weight is 323 g/mol. The van der Waals surface area contributed by atoms with Gasteiger partial charge in [-0.15, -0.1) is 11.3 Å². The molecule has 18 heavy (non-hydrogen) atoms. The summed E-state index contributed by atoms with van der Waals surface area (Å²) < 4.78 is 7.02. The van der Waals surface area contributed by atoms with Crippen molar-refractivity contribution >= 4 is 27.3 Å². The molecule has 0 saturated carbocycles. The molecular weight excluding hydrogens is 308 g/mol. The number of ether oxygens (including phenoxy) is 1. The molecule has 1 heterocycles. The van der Waals surface area contributed by atoms with Gasteiger partial charge < -0.3 is 4.74 Å². The second-order valence-electron chi connectivity index (χ2n) is 4.63. The van der Waals surface area contributed by atoms with Gasteiger partial charge in [0.2, 0.25) is 0 Å². The van der Waals surface area contributed by atoms with Gasteiger partial charge >= 0.3 is 0 Å². The lowest BCUT2D eigenvalue weighted by Crippen LogP contribution is -2.03. The van der Waals surface area contributed by atoms with E-state index in [0.717, 1.165) is 9.54 Å². The van der Waals surface area contributed by atoms with Gasteiger partial charge in [-0.3, -0.25) is 0 Å². The Bertz CT molecular complexity index is 547. The first kappa shape index (κ1) is 12.2. The molecule has 3 rings (SSSR count). The van der Waals surface area contributed by atoms with Crippen LogP contribution in [0.25, 0.3) is 0 Å². The van der Waals surface area contributed by atoms with Gasteiger partial charge in [-0.2, -0.15) is 0 Å². The summed E-state index contributed by atoms with van der Waals surface area (Å²) in [7, 11) is 0. The largest absolute Gasteiger partial charge is 0.488 e. The molecule has 1 aliphatic carbocycles. The van der Waals surface area contributed by atoms with Crippen LogP contribution in [-0.2, 0) is 19.4 Å². The molecule has 0 unspecified atom stereocenters. The van der Waals surface area contributed by atoms with Crippen LogP contribution in [0, 0.1) is 0 Å². The predicted octanol–water partition coefficient (Wildman–Crippen LogP) is 4.97. The van der Waals surface area contributed by atoms with E-state index in [4.69, 9.17) is 4.74 Å². The molecule has 0 radical (unpaired) electrons. The normalized spacial score (nSPS) is 14.3. The zero-order valence-electron chi connectivity index (χ0n) is 10.1. The number of halogens is 1. The molecule has 3 heteroatoms. The topological polar surface area (TPSA) is 9.23 Å². The molecule has 0 amide bonds. The molecule has 0 bridgehead atoms. The van der Waals surface area contributed by atoms with Gasteiger partial charge in [0.25, 0.3) is 0 Å². The minimum atomic E-state index is 0.662. The summed E-state index contributed by atoms with van der Waals surface area (Å²) in [6.45, 7) is 0.662. The number of rotatable bonds is 3. The molecule has 1 aromatic carbocycles. The third-order valence-corrected chi connectivity index (χ3v) is 4.93. The van der Waals surface area contributed by atoms with Crippen molar-refractivity contribution in [3.8, 4) is 5.75 Å². The van der Waals surface area contributed by atoms with Crippen LogP contribution in [0.3, 0.4) is 0 Å². The third-order valence-electron chi connectivity index (χ3n) is 3.33. The number of benzene rings is 1. The summed E-state index contributed by atoms with van der Waals surface area (Å²) >= 11 is 5.20. The highest BCUT2D eigenvalue weighted by molar-refractivity contribution is 9.11. The number of thiophene rings is 1. The van der Waals surface area contributed by atoms with Crippen LogP contribution >= 0.6 is 27.3 Å². The quantitative estimate of drug-likeness (QED) is 0.775. The van der Waals surface area contributed by atoms with E-state index in [1.807, 2.05) is 0 Å². The van der Waals surface area contributed by atoms with Crippen molar-refractivity contribution < 1.29 is 4.74 Å². The molecule has 2 aromatic rings. The minimum absolute atomic E-state index is 0.662. The van der Waals surface area contributed by atoms with Gasteiger partial charge in [0.15, 0.2) is 0 Å². The maximum Gasteiger partial charge on any atom is 0.122 e. The smallest absolute Gasteiger partial charge is 0.122 e. The minimum Gasteiger partial charge on any atom is -0.488 e. The van der Waals surface area contributed by atoms with Gasteiger partial charge in [0.1, 0.15) is 12.4 Å². The average Bonchev–Trinajstić information content (AvgIpc) is 2.82. The van der Waals surface area contributed by atoms with Gasteiger partial charge in [0, 0.05) is 4.88 Å². The Labute approximate surface area is 120 Å². The Morgan fingerprint density at radius 3 is 2.67 bits per heavy atom. The molecule has 1 aromatic heterocycles. The van der Waals surface area contributed by atoms with Crippen LogP contribution in [0.4, 0.5) is 0 Å². The number of fused-ring (bicyclic) bond motifs is 1. The fourth-order valence-corrected chi connectivity index (χ4v) is 3.78. The summed E-state index contributed by atoms with van der Waals surface area (Å²) in [4.78, 5) is 1.25. The maximum atomic E-state index is 5.86. The van der Waals surface area contributed by atoms with E-state index in [-0.39, 0.29) is 0 Å². The van der Waals surface area contributed by atoms with Crippen molar-refractivity contribution in [1.29, 1.82) is 0 Å². The molecule has 0 spiro atoms. The van der Waals surface area contributed by atoms with Crippen molar-refractivity contribution in [2.75, 3.05) is 0 Å². The summed E-state index contributed by atoms with van der Waals surface area (Å²) in [6, 6.07) is 10.7. The summed E-state index contributed by atoms with van der Waals surface area (Å²) in [5, 5.41) is 0. The van der Waals surface area contributed by atoms with Gasteiger partial charge in [-0.25, -0.2) is 0 Å². The molecule has 0 aliphatic heterocycles. The second kappa shape index (κ2) is 5.45. The van der Waals surface area contributed by atoms with Gasteiger partial charge in [-0.05, 0) is 77.0 Å².